The number of aliphatic imine (C=N–C) groups is 1. The first-order valence-electron chi connectivity index (χ1n) is 5.14. The van der Waals surface area contributed by atoms with Crippen molar-refractivity contribution in [3.63, 3.8) is 0 Å². The Morgan fingerprint density at radius 3 is 3.07 bits per heavy atom. The Balaban J connectivity index is 2.43. The van der Waals surface area contributed by atoms with Crippen molar-refractivity contribution >= 4 is 28.7 Å². The second-order valence-corrected chi connectivity index (χ2v) is 5.89. The standard InChI is InChI=1S/C10H20N2S2/c1-4-10(2)5-7-14-9(12-10)11-6-8-13-3/h4-8H2,1-3H3,(H,11,12). The number of thioether (sulfide) groups is 2. The third-order valence-electron chi connectivity index (χ3n) is 2.63. The van der Waals surface area contributed by atoms with Crippen molar-refractivity contribution in [3.05, 3.63) is 0 Å². The summed E-state index contributed by atoms with van der Waals surface area (Å²) in [5, 5.41) is 4.69. The molecule has 0 amide bonds. The molecule has 1 heterocycles. The molecule has 14 heavy (non-hydrogen) atoms. The Morgan fingerprint density at radius 2 is 2.43 bits per heavy atom. The van der Waals surface area contributed by atoms with E-state index in [4.69, 9.17) is 0 Å². The molecule has 1 aliphatic rings. The zero-order valence-electron chi connectivity index (χ0n) is 9.30. The summed E-state index contributed by atoms with van der Waals surface area (Å²) >= 11 is 3.71. The van der Waals surface area contributed by atoms with Gasteiger partial charge in [-0.1, -0.05) is 18.7 Å². The Labute approximate surface area is 95.7 Å². The van der Waals surface area contributed by atoms with Gasteiger partial charge in [0.1, 0.15) is 0 Å². The highest BCUT2D eigenvalue weighted by Crippen LogP contribution is 2.24. The predicted octanol–water partition coefficient (Wildman–Crippen LogP) is 2.60. The summed E-state index contributed by atoms with van der Waals surface area (Å²) in [6, 6.07) is 0. The van der Waals surface area contributed by atoms with Crippen LogP contribution in [0.25, 0.3) is 0 Å². The molecule has 1 aliphatic heterocycles. The van der Waals surface area contributed by atoms with E-state index in [1.807, 2.05) is 23.5 Å². The molecule has 2 nitrogen and oxygen atoms in total. The van der Waals surface area contributed by atoms with Crippen LogP contribution in [0.5, 0.6) is 0 Å². The Kier molecular flexibility index (Phi) is 5.17. The topological polar surface area (TPSA) is 24.4 Å². The molecule has 0 saturated carbocycles. The lowest BCUT2D eigenvalue weighted by molar-refractivity contribution is 0.390. The Hall–Kier alpha value is 0.170. The number of hydrogen-bond acceptors (Lipinski definition) is 3. The lowest BCUT2D eigenvalue weighted by atomic mass is 9.96. The van der Waals surface area contributed by atoms with Gasteiger partial charge in [0.25, 0.3) is 0 Å². The molecule has 0 aliphatic carbocycles. The van der Waals surface area contributed by atoms with Gasteiger partial charge in [-0.2, -0.15) is 11.8 Å². The van der Waals surface area contributed by atoms with Crippen molar-refractivity contribution < 1.29 is 0 Å². The minimum Gasteiger partial charge on any atom is -0.360 e. The molecule has 1 fully saturated rings. The summed E-state index contributed by atoms with van der Waals surface area (Å²) in [5.41, 5.74) is 0.281. The first-order valence-corrected chi connectivity index (χ1v) is 7.52. The normalized spacial score (nSPS) is 30.4. The molecule has 0 aromatic carbocycles. The van der Waals surface area contributed by atoms with Crippen LogP contribution >= 0.6 is 23.5 Å². The summed E-state index contributed by atoms with van der Waals surface area (Å²) in [7, 11) is 0. The van der Waals surface area contributed by atoms with Crippen LogP contribution in [0.2, 0.25) is 0 Å². The molecule has 0 spiro atoms. The van der Waals surface area contributed by atoms with E-state index in [-0.39, 0.29) is 5.54 Å². The van der Waals surface area contributed by atoms with Gasteiger partial charge in [-0.15, -0.1) is 0 Å². The van der Waals surface area contributed by atoms with Crippen LogP contribution in [0.15, 0.2) is 4.99 Å². The van der Waals surface area contributed by atoms with E-state index in [0.717, 1.165) is 17.5 Å². The van der Waals surface area contributed by atoms with Crippen molar-refractivity contribution in [2.75, 3.05) is 24.3 Å². The number of amidine groups is 1. The summed E-state index contributed by atoms with van der Waals surface area (Å²) in [5.74, 6) is 2.32. The molecule has 0 bridgehead atoms. The molecule has 82 valence electrons. The van der Waals surface area contributed by atoms with Crippen LogP contribution < -0.4 is 5.32 Å². The molecule has 0 radical (unpaired) electrons. The van der Waals surface area contributed by atoms with Crippen molar-refractivity contribution in [1.82, 2.24) is 5.32 Å². The van der Waals surface area contributed by atoms with E-state index in [9.17, 15) is 0 Å². The van der Waals surface area contributed by atoms with Crippen molar-refractivity contribution in [2.24, 2.45) is 4.99 Å². The van der Waals surface area contributed by atoms with E-state index in [0.29, 0.717) is 0 Å². The highest BCUT2D eigenvalue weighted by Gasteiger charge is 2.27. The number of rotatable bonds is 4. The Bertz CT molecular complexity index is 206. The summed E-state index contributed by atoms with van der Waals surface area (Å²) in [6.07, 6.45) is 4.54. The maximum absolute atomic E-state index is 4.56. The van der Waals surface area contributed by atoms with Crippen molar-refractivity contribution in [1.29, 1.82) is 0 Å². The summed E-state index contributed by atoms with van der Waals surface area (Å²) in [4.78, 5) is 4.56. The van der Waals surface area contributed by atoms with Crippen LogP contribution in [-0.4, -0.2) is 35.0 Å². The van der Waals surface area contributed by atoms with Gasteiger partial charge >= 0.3 is 0 Å². The highest BCUT2D eigenvalue weighted by atomic mass is 32.2. The molecule has 4 heteroatoms. The fourth-order valence-electron chi connectivity index (χ4n) is 1.32. The molecular weight excluding hydrogens is 212 g/mol. The van der Waals surface area contributed by atoms with E-state index in [2.05, 4.69) is 30.4 Å². The number of nitrogens with zero attached hydrogens (tertiary/aromatic N) is 1. The lowest BCUT2D eigenvalue weighted by Crippen LogP contribution is -2.48. The second-order valence-electron chi connectivity index (χ2n) is 3.82. The monoisotopic (exact) mass is 232 g/mol. The number of hydrogen-bond donors (Lipinski definition) is 1. The second kappa shape index (κ2) is 5.91. The first-order chi connectivity index (χ1) is 6.70. The maximum atomic E-state index is 4.56. The number of nitrogens with one attached hydrogen (secondary N) is 1. The third kappa shape index (κ3) is 3.73. The lowest BCUT2D eigenvalue weighted by Gasteiger charge is -2.35. The molecular formula is C10H20N2S2. The highest BCUT2D eigenvalue weighted by molar-refractivity contribution is 8.13. The molecule has 1 atom stereocenters. The van der Waals surface area contributed by atoms with Gasteiger partial charge < -0.3 is 5.32 Å². The molecule has 0 aromatic heterocycles. The van der Waals surface area contributed by atoms with E-state index in [1.165, 1.54) is 18.6 Å². The van der Waals surface area contributed by atoms with Gasteiger partial charge in [-0.05, 0) is 26.0 Å². The van der Waals surface area contributed by atoms with Crippen LogP contribution in [-0.2, 0) is 0 Å². The molecule has 1 saturated heterocycles. The minimum atomic E-state index is 0.281. The summed E-state index contributed by atoms with van der Waals surface area (Å²) in [6.45, 7) is 5.47. The fourth-order valence-corrected chi connectivity index (χ4v) is 2.84. The Morgan fingerprint density at radius 1 is 1.64 bits per heavy atom. The van der Waals surface area contributed by atoms with Crippen molar-refractivity contribution in [2.45, 2.75) is 32.2 Å². The van der Waals surface area contributed by atoms with Crippen LogP contribution in [0.1, 0.15) is 26.7 Å². The van der Waals surface area contributed by atoms with Crippen LogP contribution in [0.4, 0.5) is 0 Å². The van der Waals surface area contributed by atoms with Crippen LogP contribution in [0, 0.1) is 0 Å². The van der Waals surface area contributed by atoms with E-state index >= 15 is 0 Å². The molecule has 1 unspecified atom stereocenters. The largest absolute Gasteiger partial charge is 0.360 e. The molecule has 0 aromatic rings. The van der Waals surface area contributed by atoms with Gasteiger partial charge in [-0.25, -0.2) is 0 Å². The van der Waals surface area contributed by atoms with E-state index in [1.54, 1.807) is 0 Å². The quantitative estimate of drug-likeness (QED) is 0.754. The zero-order chi connectivity index (χ0) is 10.4. The van der Waals surface area contributed by atoms with Gasteiger partial charge in [-0.3, -0.25) is 4.99 Å². The van der Waals surface area contributed by atoms with Gasteiger partial charge in [0.15, 0.2) is 5.17 Å². The predicted molar refractivity (Wildman–Crippen MR) is 69.6 cm³/mol. The zero-order valence-corrected chi connectivity index (χ0v) is 10.9. The SMILES string of the molecule is CCC1(C)CCSC(=NCCSC)N1. The fraction of sp³-hybridized carbons (Fsp3) is 0.900. The van der Waals surface area contributed by atoms with Gasteiger partial charge in [0, 0.05) is 17.0 Å². The molecule has 1 rings (SSSR count). The smallest absolute Gasteiger partial charge is 0.156 e. The average molecular weight is 232 g/mol. The van der Waals surface area contributed by atoms with Gasteiger partial charge in [0.05, 0.1) is 6.54 Å². The van der Waals surface area contributed by atoms with Gasteiger partial charge in [0.2, 0.25) is 0 Å². The molecule has 1 N–H and O–H groups in total. The summed E-state index contributed by atoms with van der Waals surface area (Å²) < 4.78 is 0. The minimum absolute atomic E-state index is 0.281. The maximum Gasteiger partial charge on any atom is 0.156 e. The van der Waals surface area contributed by atoms with Crippen LogP contribution in [0.3, 0.4) is 0 Å². The van der Waals surface area contributed by atoms with Crippen molar-refractivity contribution in [3.8, 4) is 0 Å². The average Bonchev–Trinajstić information content (AvgIpc) is 2.19. The van der Waals surface area contributed by atoms with E-state index < -0.39 is 0 Å². The third-order valence-corrected chi connectivity index (χ3v) is 4.14. The first kappa shape index (κ1) is 12.2.